The lowest BCUT2D eigenvalue weighted by Crippen LogP contribution is -2.30. The van der Waals surface area contributed by atoms with Crippen molar-refractivity contribution < 1.29 is 14.3 Å². The molecule has 1 atom stereocenters. The summed E-state index contributed by atoms with van der Waals surface area (Å²) in [5, 5.41) is 12.5. The van der Waals surface area contributed by atoms with Crippen LogP contribution < -0.4 is 10.1 Å². The molecule has 2 aromatic carbocycles. The number of aliphatic imine (C=N–C) groups is 1. The molecule has 3 rings (SSSR count). The number of carbonyl (C=O) groups is 1. The minimum atomic E-state index is -0.123. The molecule has 2 aromatic rings. The summed E-state index contributed by atoms with van der Waals surface area (Å²) in [5.74, 6) is 0.446. The van der Waals surface area contributed by atoms with Crippen LogP contribution in [0.2, 0.25) is 0 Å². The molecule has 0 spiro atoms. The number of hydrogen-bond acceptors (Lipinski definition) is 5. The summed E-state index contributed by atoms with van der Waals surface area (Å²) in [4.78, 5) is 16.7. The summed E-state index contributed by atoms with van der Waals surface area (Å²) < 4.78 is 10.6. The number of carbonyl (C=O) groups excluding carboxylic acids is 1. The van der Waals surface area contributed by atoms with E-state index in [0.29, 0.717) is 17.0 Å². The van der Waals surface area contributed by atoms with Crippen LogP contribution in [0.25, 0.3) is 5.70 Å². The molecule has 6 nitrogen and oxygen atoms in total. The first-order valence-corrected chi connectivity index (χ1v) is 10.7. The molecule has 0 saturated heterocycles. The van der Waals surface area contributed by atoms with Crippen LogP contribution in [0.5, 0.6) is 5.75 Å². The number of amides is 1. The van der Waals surface area contributed by atoms with Crippen molar-refractivity contribution >= 4 is 17.3 Å². The van der Waals surface area contributed by atoms with E-state index >= 15 is 0 Å². The molecule has 1 aliphatic carbocycles. The number of rotatable bonds is 8. The van der Waals surface area contributed by atoms with Gasteiger partial charge in [-0.1, -0.05) is 24.8 Å². The van der Waals surface area contributed by atoms with Gasteiger partial charge in [-0.2, -0.15) is 5.26 Å². The SMILES string of the molecule is C=C(N=C(C)c1ccc(OC(C)C)c(C#N)c1)c1cccc2c1CCC2NC(=O)COC. The van der Waals surface area contributed by atoms with Crippen LogP contribution in [-0.2, 0) is 16.0 Å². The maximum absolute atomic E-state index is 12.0. The minimum Gasteiger partial charge on any atom is -0.490 e. The van der Waals surface area contributed by atoms with Crippen molar-refractivity contribution in [3.63, 3.8) is 0 Å². The molecule has 1 unspecified atom stereocenters. The summed E-state index contributed by atoms with van der Waals surface area (Å²) in [5.41, 5.74) is 5.98. The van der Waals surface area contributed by atoms with Crippen molar-refractivity contribution in [2.24, 2.45) is 4.99 Å². The van der Waals surface area contributed by atoms with Crippen LogP contribution in [0.4, 0.5) is 0 Å². The maximum atomic E-state index is 12.0. The standard InChI is InChI=1S/C26H29N3O3/c1-16(2)32-25-12-9-19(13-20(25)14-27)17(3)28-18(4)21-7-6-8-23-22(21)10-11-24(23)29-26(30)15-31-5/h6-9,12-13,16,24H,4,10-11,15H2,1-3,5H3,(H,29,30). The summed E-state index contributed by atoms with van der Waals surface area (Å²) in [6.07, 6.45) is 1.67. The van der Waals surface area contributed by atoms with Gasteiger partial charge in [0.05, 0.1) is 23.4 Å². The first-order chi connectivity index (χ1) is 15.3. The topological polar surface area (TPSA) is 83.7 Å². The number of nitrogens with one attached hydrogen (secondary N) is 1. The van der Waals surface area contributed by atoms with Gasteiger partial charge < -0.3 is 14.8 Å². The molecule has 0 radical (unpaired) electrons. The Hall–Kier alpha value is -3.43. The normalized spacial score (nSPS) is 15.2. The van der Waals surface area contributed by atoms with Crippen molar-refractivity contribution in [2.75, 3.05) is 13.7 Å². The lowest BCUT2D eigenvalue weighted by atomic mass is 10.00. The quantitative estimate of drug-likeness (QED) is 0.621. The summed E-state index contributed by atoms with van der Waals surface area (Å²) in [6, 6.07) is 13.7. The summed E-state index contributed by atoms with van der Waals surface area (Å²) in [6.45, 7) is 10.0. The Morgan fingerprint density at radius 3 is 2.81 bits per heavy atom. The summed E-state index contributed by atoms with van der Waals surface area (Å²) in [7, 11) is 1.51. The second kappa shape index (κ2) is 10.3. The first-order valence-electron chi connectivity index (χ1n) is 10.7. The van der Waals surface area contributed by atoms with Gasteiger partial charge >= 0.3 is 0 Å². The lowest BCUT2D eigenvalue weighted by Gasteiger charge is -2.15. The van der Waals surface area contributed by atoms with Crippen LogP contribution in [0.3, 0.4) is 0 Å². The molecular weight excluding hydrogens is 402 g/mol. The van der Waals surface area contributed by atoms with Gasteiger partial charge in [0.25, 0.3) is 0 Å². The first kappa shape index (κ1) is 23.2. The van der Waals surface area contributed by atoms with Gasteiger partial charge in [0.2, 0.25) is 5.91 Å². The Morgan fingerprint density at radius 1 is 1.34 bits per heavy atom. The van der Waals surface area contributed by atoms with Crippen LogP contribution in [0, 0.1) is 11.3 Å². The van der Waals surface area contributed by atoms with Gasteiger partial charge in [0, 0.05) is 18.4 Å². The Kier molecular flexibility index (Phi) is 7.45. The minimum absolute atomic E-state index is 0.00854. The molecular formula is C26H29N3O3. The fourth-order valence-corrected chi connectivity index (χ4v) is 3.97. The highest BCUT2D eigenvalue weighted by atomic mass is 16.5. The molecule has 6 heteroatoms. The van der Waals surface area contributed by atoms with E-state index < -0.39 is 0 Å². The number of nitrogens with zero attached hydrogens (tertiary/aromatic N) is 2. The zero-order valence-corrected chi connectivity index (χ0v) is 19.1. The second-order valence-corrected chi connectivity index (χ2v) is 8.10. The van der Waals surface area contributed by atoms with E-state index in [0.717, 1.165) is 40.8 Å². The molecule has 32 heavy (non-hydrogen) atoms. The zero-order chi connectivity index (χ0) is 23.3. The Morgan fingerprint density at radius 2 is 2.12 bits per heavy atom. The van der Waals surface area contributed by atoms with E-state index in [1.807, 2.05) is 51.1 Å². The molecule has 0 heterocycles. The Balaban J connectivity index is 1.84. The lowest BCUT2D eigenvalue weighted by molar-refractivity contribution is -0.125. The fraction of sp³-hybridized carbons (Fsp3) is 0.346. The molecule has 0 fully saturated rings. The second-order valence-electron chi connectivity index (χ2n) is 8.10. The average molecular weight is 432 g/mol. The number of methoxy groups -OCH3 is 1. The van der Waals surface area contributed by atoms with Crippen molar-refractivity contribution in [1.29, 1.82) is 5.26 Å². The Labute approximate surface area is 189 Å². The number of ether oxygens (including phenoxy) is 2. The number of benzene rings is 2. The van der Waals surface area contributed by atoms with Crippen LogP contribution in [0.1, 0.15) is 61.1 Å². The third-order valence-corrected chi connectivity index (χ3v) is 5.38. The van der Waals surface area contributed by atoms with Gasteiger partial charge in [0.15, 0.2) is 0 Å². The largest absolute Gasteiger partial charge is 0.490 e. The highest BCUT2D eigenvalue weighted by molar-refractivity contribution is 6.02. The van der Waals surface area contributed by atoms with Crippen molar-refractivity contribution in [1.82, 2.24) is 5.32 Å². The predicted octanol–water partition coefficient (Wildman–Crippen LogP) is 4.58. The smallest absolute Gasteiger partial charge is 0.246 e. The van der Waals surface area contributed by atoms with Gasteiger partial charge in [0.1, 0.15) is 18.4 Å². The number of nitriles is 1. The monoisotopic (exact) mass is 431 g/mol. The van der Waals surface area contributed by atoms with Crippen molar-refractivity contribution in [3.05, 3.63) is 70.8 Å². The van der Waals surface area contributed by atoms with Crippen LogP contribution in [-0.4, -0.2) is 31.4 Å². The molecule has 0 aromatic heterocycles. The van der Waals surface area contributed by atoms with E-state index in [2.05, 4.69) is 18.0 Å². The molecule has 1 N–H and O–H groups in total. The number of hydrogen-bond donors (Lipinski definition) is 1. The van der Waals surface area contributed by atoms with Crippen LogP contribution >= 0.6 is 0 Å². The van der Waals surface area contributed by atoms with Crippen molar-refractivity contribution in [2.45, 2.75) is 45.8 Å². The Bertz CT molecular complexity index is 1100. The highest BCUT2D eigenvalue weighted by Gasteiger charge is 2.26. The van der Waals surface area contributed by atoms with E-state index in [4.69, 9.17) is 14.5 Å². The molecule has 1 aliphatic rings. The summed E-state index contributed by atoms with van der Waals surface area (Å²) >= 11 is 0. The molecule has 1 amide bonds. The van der Waals surface area contributed by atoms with Crippen molar-refractivity contribution in [3.8, 4) is 11.8 Å². The van der Waals surface area contributed by atoms with E-state index in [9.17, 15) is 10.1 Å². The van der Waals surface area contributed by atoms with Gasteiger partial charge in [-0.25, -0.2) is 0 Å². The highest BCUT2D eigenvalue weighted by Crippen LogP contribution is 2.36. The van der Waals surface area contributed by atoms with Gasteiger partial charge in [-0.15, -0.1) is 0 Å². The average Bonchev–Trinajstić information content (AvgIpc) is 3.16. The zero-order valence-electron chi connectivity index (χ0n) is 19.1. The molecule has 166 valence electrons. The number of fused-ring (bicyclic) bond motifs is 1. The fourth-order valence-electron chi connectivity index (χ4n) is 3.97. The van der Waals surface area contributed by atoms with Gasteiger partial charge in [-0.3, -0.25) is 9.79 Å². The van der Waals surface area contributed by atoms with E-state index in [1.54, 1.807) is 6.07 Å². The maximum Gasteiger partial charge on any atom is 0.246 e. The molecule has 0 saturated carbocycles. The van der Waals surface area contributed by atoms with E-state index in [1.165, 1.54) is 7.11 Å². The third kappa shape index (κ3) is 5.24. The van der Waals surface area contributed by atoms with Gasteiger partial charge in [-0.05, 0) is 68.5 Å². The van der Waals surface area contributed by atoms with E-state index in [-0.39, 0.29) is 24.7 Å². The van der Waals surface area contributed by atoms with Crippen LogP contribution in [0.15, 0.2) is 48.0 Å². The third-order valence-electron chi connectivity index (χ3n) is 5.38. The predicted molar refractivity (Wildman–Crippen MR) is 126 cm³/mol. The molecule has 0 bridgehead atoms. The molecule has 0 aliphatic heterocycles.